The minimum absolute atomic E-state index is 0.0449. The predicted molar refractivity (Wildman–Crippen MR) is 121 cm³/mol. The van der Waals surface area contributed by atoms with Crippen LogP contribution in [0.3, 0.4) is 0 Å². The van der Waals surface area contributed by atoms with Crippen LogP contribution in [0.5, 0.6) is 5.75 Å². The second-order valence-corrected chi connectivity index (χ2v) is 7.46. The summed E-state index contributed by atoms with van der Waals surface area (Å²) in [5, 5.41) is 13.4. The number of carbonyl (C=O) groups excluding carboxylic acids is 1. The molecule has 4 nitrogen and oxygen atoms in total. The molecule has 0 spiro atoms. The first-order chi connectivity index (χ1) is 14.5. The van der Waals surface area contributed by atoms with Gasteiger partial charge in [0.05, 0.1) is 5.02 Å². The Kier molecular flexibility index (Phi) is 7.37. The van der Waals surface area contributed by atoms with Gasteiger partial charge in [0, 0.05) is 21.3 Å². The van der Waals surface area contributed by atoms with E-state index < -0.39 is 5.91 Å². The van der Waals surface area contributed by atoms with Crippen LogP contribution in [0.2, 0.25) is 15.1 Å². The molecule has 3 rings (SSSR count). The first-order valence-corrected chi connectivity index (χ1v) is 9.94. The van der Waals surface area contributed by atoms with E-state index in [0.717, 1.165) is 5.56 Å². The molecule has 150 valence electrons. The summed E-state index contributed by atoms with van der Waals surface area (Å²) >= 11 is 18.3. The Balaban J connectivity index is 1.71. The number of nitriles is 1. The standard InChI is InChI=1S/C23H15Cl3N2O2/c24-18-8-7-16(20(25)12-18)14-30-22-9-6-15(11-21(22)26)10-17(13-27)23(29)28-19-4-2-1-3-5-19/h1-12H,14H2,(H,28,29)/b17-10+. The van der Waals surface area contributed by atoms with Crippen LogP contribution < -0.4 is 10.1 Å². The summed E-state index contributed by atoms with van der Waals surface area (Å²) < 4.78 is 5.73. The number of ether oxygens (including phenoxy) is 1. The maximum absolute atomic E-state index is 12.3. The van der Waals surface area contributed by atoms with E-state index in [1.165, 1.54) is 6.08 Å². The van der Waals surface area contributed by atoms with Crippen molar-refractivity contribution in [3.63, 3.8) is 0 Å². The zero-order chi connectivity index (χ0) is 21.5. The number of halogens is 3. The number of nitrogens with zero attached hydrogens (tertiary/aromatic N) is 1. The van der Waals surface area contributed by atoms with Crippen LogP contribution in [-0.4, -0.2) is 5.91 Å². The number of benzene rings is 3. The third-order valence-electron chi connectivity index (χ3n) is 4.06. The van der Waals surface area contributed by atoms with Gasteiger partial charge in [0.2, 0.25) is 0 Å². The quantitative estimate of drug-likeness (QED) is 0.328. The summed E-state index contributed by atoms with van der Waals surface area (Å²) in [6, 6.07) is 21.0. The average molecular weight is 458 g/mol. The van der Waals surface area contributed by atoms with Crippen molar-refractivity contribution in [1.29, 1.82) is 5.26 Å². The Morgan fingerprint density at radius 2 is 1.77 bits per heavy atom. The second-order valence-electron chi connectivity index (χ2n) is 6.20. The molecule has 1 amide bonds. The summed E-state index contributed by atoms with van der Waals surface area (Å²) in [7, 11) is 0. The number of para-hydroxylation sites is 1. The highest BCUT2D eigenvalue weighted by Crippen LogP contribution is 2.29. The van der Waals surface area contributed by atoms with E-state index >= 15 is 0 Å². The molecule has 30 heavy (non-hydrogen) atoms. The number of rotatable bonds is 6. The van der Waals surface area contributed by atoms with Crippen LogP contribution in [-0.2, 0) is 11.4 Å². The van der Waals surface area contributed by atoms with Crippen LogP contribution in [0.25, 0.3) is 6.08 Å². The molecule has 1 N–H and O–H groups in total. The van der Waals surface area contributed by atoms with Crippen molar-refractivity contribution >= 4 is 52.5 Å². The molecular weight excluding hydrogens is 443 g/mol. The van der Waals surface area contributed by atoms with E-state index in [4.69, 9.17) is 39.5 Å². The molecule has 0 unspecified atom stereocenters. The fourth-order valence-electron chi connectivity index (χ4n) is 2.55. The molecule has 3 aromatic carbocycles. The van der Waals surface area contributed by atoms with Crippen LogP contribution >= 0.6 is 34.8 Å². The van der Waals surface area contributed by atoms with Gasteiger partial charge in [-0.2, -0.15) is 5.26 Å². The lowest BCUT2D eigenvalue weighted by molar-refractivity contribution is -0.112. The van der Waals surface area contributed by atoms with Gasteiger partial charge in [0.1, 0.15) is 24.0 Å². The summed E-state index contributed by atoms with van der Waals surface area (Å²) in [6.07, 6.45) is 1.46. The molecule has 0 aliphatic carbocycles. The minimum Gasteiger partial charge on any atom is -0.487 e. The molecule has 7 heteroatoms. The van der Waals surface area contributed by atoms with Gasteiger partial charge in [-0.3, -0.25) is 4.79 Å². The molecule has 3 aromatic rings. The van der Waals surface area contributed by atoms with Gasteiger partial charge >= 0.3 is 0 Å². The van der Waals surface area contributed by atoms with Crippen LogP contribution in [0, 0.1) is 11.3 Å². The summed E-state index contributed by atoms with van der Waals surface area (Å²) in [5.41, 5.74) is 1.92. The van der Waals surface area contributed by atoms with Gasteiger partial charge in [0.25, 0.3) is 5.91 Å². The molecule has 0 aliphatic heterocycles. The van der Waals surface area contributed by atoms with Gasteiger partial charge < -0.3 is 10.1 Å². The summed E-state index contributed by atoms with van der Waals surface area (Å²) in [5.74, 6) is -0.0513. The molecule has 0 aromatic heterocycles. The fraction of sp³-hybridized carbons (Fsp3) is 0.0435. The number of nitrogens with one attached hydrogen (secondary N) is 1. The number of hydrogen-bond acceptors (Lipinski definition) is 3. The Hall–Kier alpha value is -2.97. The molecule has 0 aliphatic rings. The molecule has 0 fully saturated rings. The van der Waals surface area contributed by atoms with Crippen LogP contribution in [0.1, 0.15) is 11.1 Å². The number of hydrogen-bond donors (Lipinski definition) is 1. The molecular formula is C23H15Cl3N2O2. The van der Waals surface area contributed by atoms with E-state index in [1.54, 1.807) is 60.7 Å². The predicted octanol–water partition coefficient (Wildman–Crippen LogP) is 6.77. The molecule has 0 heterocycles. The smallest absolute Gasteiger partial charge is 0.266 e. The molecule has 0 saturated carbocycles. The van der Waals surface area contributed by atoms with Gasteiger partial charge in [0.15, 0.2) is 0 Å². The average Bonchev–Trinajstić information content (AvgIpc) is 2.73. The molecule has 0 atom stereocenters. The Morgan fingerprint density at radius 3 is 2.43 bits per heavy atom. The van der Waals surface area contributed by atoms with Crippen LogP contribution in [0.15, 0.2) is 72.3 Å². The van der Waals surface area contributed by atoms with Crippen molar-refractivity contribution in [2.75, 3.05) is 5.32 Å². The second kappa shape index (κ2) is 10.2. The van der Waals surface area contributed by atoms with Crippen LogP contribution in [0.4, 0.5) is 5.69 Å². The third kappa shape index (κ3) is 5.77. The highest BCUT2D eigenvalue weighted by Gasteiger charge is 2.11. The first-order valence-electron chi connectivity index (χ1n) is 8.81. The lowest BCUT2D eigenvalue weighted by Gasteiger charge is -2.10. The molecule has 0 saturated heterocycles. The number of carbonyl (C=O) groups is 1. The fourth-order valence-corrected chi connectivity index (χ4v) is 3.26. The molecule has 0 radical (unpaired) electrons. The highest BCUT2D eigenvalue weighted by atomic mass is 35.5. The maximum Gasteiger partial charge on any atom is 0.266 e. The van der Waals surface area contributed by atoms with E-state index in [2.05, 4.69) is 5.32 Å². The normalized spacial score (nSPS) is 10.9. The van der Waals surface area contributed by atoms with E-state index in [-0.39, 0.29) is 12.2 Å². The largest absolute Gasteiger partial charge is 0.487 e. The topological polar surface area (TPSA) is 62.1 Å². The maximum atomic E-state index is 12.3. The number of amides is 1. The lowest BCUT2D eigenvalue weighted by Crippen LogP contribution is -2.13. The SMILES string of the molecule is N#C/C(=C\c1ccc(OCc2ccc(Cl)cc2Cl)c(Cl)c1)C(=O)Nc1ccccc1. The van der Waals surface area contributed by atoms with Crippen molar-refractivity contribution in [3.05, 3.63) is 98.5 Å². The molecule has 0 bridgehead atoms. The van der Waals surface area contributed by atoms with E-state index in [9.17, 15) is 10.1 Å². The third-order valence-corrected chi connectivity index (χ3v) is 4.94. The Morgan fingerprint density at radius 1 is 1.00 bits per heavy atom. The zero-order valence-electron chi connectivity index (χ0n) is 15.5. The van der Waals surface area contributed by atoms with Crippen molar-refractivity contribution in [1.82, 2.24) is 0 Å². The first kappa shape index (κ1) is 21.7. The Bertz CT molecular complexity index is 1140. The van der Waals surface area contributed by atoms with Crippen molar-refractivity contribution in [3.8, 4) is 11.8 Å². The Labute approximate surface area is 189 Å². The summed E-state index contributed by atoms with van der Waals surface area (Å²) in [6.45, 7) is 0.216. The number of anilines is 1. The lowest BCUT2D eigenvalue weighted by atomic mass is 10.1. The zero-order valence-corrected chi connectivity index (χ0v) is 17.8. The van der Waals surface area contributed by atoms with Crippen molar-refractivity contribution < 1.29 is 9.53 Å². The van der Waals surface area contributed by atoms with Gasteiger partial charge in [-0.15, -0.1) is 0 Å². The monoisotopic (exact) mass is 456 g/mol. The van der Waals surface area contributed by atoms with Crippen molar-refractivity contribution in [2.24, 2.45) is 0 Å². The minimum atomic E-state index is -0.502. The van der Waals surface area contributed by atoms with E-state index in [1.807, 2.05) is 12.1 Å². The van der Waals surface area contributed by atoms with Gasteiger partial charge in [-0.1, -0.05) is 65.1 Å². The van der Waals surface area contributed by atoms with Crippen molar-refractivity contribution in [2.45, 2.75) is 6.61 Å². The van der Waals surface area contributed by atoms with Gasteiger partial charge in [-0.25, -0.2) is 0 Å². The highest BCUT2D eigenvalue weighted by molar-refractivity contribution is 6.35. The summed E-state index contributed by atoms with van der Waals surface area (Å²) in [4.78, 5) is 12.3. The van der Waals surface area contributed by atoms with E-state index in [0.29, 0.717) is 32.1 Å². The van der Waals surface area contributed by atoms with Gasteiger partial charge in [-0.05, 0) is 48.0 Å².